The van der Waals surface area contributed by atoms with Gasteiger partial charge in [0.15, 0.2) is 5.65 Å². The summed E-state index contributed by atoms with van der Waals surface area (Å²) < 4.78 is 2.03. The Morgan fingerprint density at radius 1 is 1.03 bits per heavy atom. The van der Waals surface area contributed by atoms with Crippen LogP contribution in [0.4, 0.5) is 5.69 Å². The molecule has 0 aliphatic rings. The van der Waals surface area contributed by atoms with Crippen molar-refractivity contribution < 1.29 is 4.79 Å². The van der Waals surface area contributed by atoms with Crippen molar-refractivity contribution in [2.45, 2.75) is 20.8 Å². The van der Waals surface area contributed by atoms with E-state index in [0.29, 0.717) is 11.3 Å². The third-order valence-electron chi connectivity index (χ3n) is 6.17. The second-order valence-corrected chi connectivity index (χ2v) is 9.14. The van der Waals surface area contributed by atoms with Crippen molar-refractivity contribution in [2.75, 3.05) is 5.32 Å². The number of fused-ring (bicyclic) bond motifs is 2. The summed E-state index contributed by atoms with van der Waals surface area (Å²) in [4.78, 5) is 28.9. The molecule has 5 heterocycles. The Kier molecular flexibility index (Phi) is 5.10. The number of H-pyrrole nitrogens is 2. The number of anilines is 1. The van der Waals surface area contributed by atoms with E-state index in [0.717, 1.165) is 50.2 Å². The average Bonchev–Trinajstić information content (AvgIpc) is 3.61. The number of aryl methyl sites for hydroxylation is 1. The Morgan fingerprint density at radius 2 is 1.89 bits per heavy atom. The molecule has 9 heteroatoms. The molecule has 6 aromatic rings. The quantitative estimate of drug-likeness (QED) is 0.314. The number of benzene rings is 1. The first kappa shape index (κ1) is 21.7. The van der Waals surface area contributed by atoms with Crippen LogP contribution in [-0.4, -0.2) is 40.6 Å². The molecule has 6 rings (SSSR count). The first-order valence-electron chi connectivity index (χ1n) is 11.7. The zero-order chi connectivity index (χ0) is 24.8. The molecule has 0 atom stereocenters. The van der Waals surface area contributed by atoms with Gasteiger partial charge in [-0.2, -0.15) is 5.10 Å². The number of aromatic nitrogens is 7. The maximum atomic E-state index is 12.1. The number of nitrogens with one attached hydrogen (secondary N) is 3. The molecule has 9 nitrogen and oxygen atoms in total. The fourth-order valence-electron chi connectivity index (χ4n) is 4.27. The number of hydrogen-bond donors (Lipinski definition) is 3. The third-order valence-corrected chi connectivity index (χ3v) is 6.17. The van der Waals surface area contributed by atoms with Crippen LogP contribution in [0.2, 0.25) is 0 Å². The number of aromatic amines is 2. The molecule has 0 fully saturated rings. The highest BCUT2D eigenvalue weighted by Gasteiger charge is 2.15. The van der Waals surface area contributed by atoms with E-state index in [-0.39, 0.29) is 11.8 Å². The molecule has 0 radical (unpaired) electrons. The van der Waals surface area contributed by atoms with Gasteiger partial charge in [0.2, 0.25) is 5.91 Å². The van der Waals surface area contributed by atoms with Gasteiger partial charge in [-0.05, 0) is 37.3 Å². The summed E-state index contributed by atoms with van der Waals surface area (Å²) in [6, 6.07) is 12.2. The smallest absolute Gasteiger partial charge is 0.226 e. The number of carbonyl (C=O) groups excluding carboxylic acids is 1. The van der Waals surface area contributed by atoms with Crippen LogP contribution in [0.15, 0.2) is 67.5 Å². The summed E-state index contributed by atoms with van der Waals surface area (Å²) in [5.74, 6) is -0.168. The van der Waals surface area contributed by atoms with Gasteiger partial charge in [-0.25, -0.2) is 9.97 Å². The van der Waals surface area contributed by atoms with E-state index in [1.165, 1.54) is 0 Å². The van der Waals surface area contributed by atoms with E-state index < -0.39 is 0 Å². The van der Waals surface area contributed by atoms with E-state index in [1.54, 1.807) is 18.6 Å². The Hall–Kier alpha value is -4.79. The molecular formula is C27H24N8O. The number of rotatable bonds is 5. The largest absolute Gasteiger partial charge is 0.353 e. The van der Waals surface area contributed by atoms with Gasteiger partial charge in [0, 0.05) is 51.9 Å². The van der Waals surface area contributed by atoms with Crippen molar-refractivity contribution in [1.29, 1.82) is 0 Å². The molecule has 36 heavy (non-hydrogen) atoms. The second-order valence-electron chi connectivity index (χ2n) is 9.14. The Morgan fingerprint density at radius 3 is 2.69 bits per heavy atom. The monoisotopic (exact) mass is 476 g/mol. The predicted octanol–water partition coefficient (Wildman–Crippen LogP) is 5.26. The number of pyridine rings is 2. The Bertz CT molecular complexity index is 1740. The summed E-state index contributed by atoms with van der Waals surface area (Å²) in [7, 11) is 0. The average molecular weight is 477 g/mol. The van der Waals surface area contributed by atoms with E-state index in [9.17, 15) is 4.79 Å². The van der Waals surface area contributed by atoms with Crippen LogP contribution in [0.1, 0.15) is 19.5 Å². The summed E-state index contributed by atoms with van der Waals surface area (Å²) in [5.41, 5.74) is 7.78. The summed E-state index contributed by atoms with van der Waals surface area (Å²) >= 11 is 0. The first-order valence-corrected chi connectivity index (χ1v) is 11.7. The van der Waals surface area contributed by atoms with Crippen LogP contribution >= 0.6 is 0 Å². The van der Waals surface area contributed by atoms with Crippen molar-refractivity contribution in [3.05, 3.63) is 73.2 Å². The molecule has 0 saturated carbocycles. The molecular weight excluding hydrogens is 452 g/mol. The van der Waals surface area contributed by atoms with Gasteiger partial charge >= 0.3 is 0 Å². The highest BCUT2D eigenvalue weighted by molar-refractivity contribution is 5.98. The minimum Gasteiger partial charge on any atom is -0.353 e. The lowest BCUT2D eigenvalue weighted by atomic mass is 10.1. The molecule has 5 aromatic heterocycles. The minimum atomic E-state index is -0.116. The fourth-order valence-corrected chi connectivity index (χ4v) is 4.27. The normalized spacial score (nSPS) is 11.6. The molecule has 3 N–H and O–H groups in total. The van der Waals surface area contributed by atoms with E-state index in [2.05, 4.69) is 53.6 Å². The zero-order valence-electron chi connectivity index (χ0n) is 20.1. The van der Waals surface area contributed by atoms with Crippen molar-refractivity contribution in [3.63, 3.8) is 0 Å². The van der Waals surface area contributed by atoms with E-state index in [4.69, 9.17) is 0 Å². The van der Waals surface area contributed by atoms with Gasteiger partial charge in [0.1, 0.15) is 0 Å². The number of hydrogen-bond acceptors (Lipinski definition) is 5. The van der Waals surface area contributed by atoms with Crippen LogP contribution < -0.4 is 5.32 Å². The summed E-state index contributed by atoms with van der Waals surface area (Å²) in [5, 5.41) is 12.4. The van der Waals surface area contributed by atoms with Crippen molar-refractivity contribution in [2.24, 2.45) is 5.92 Å². The lowest BCUT2D eigenvalue weighted by molar-refractivity contribution is -0.118. The standard InChI is InChI=1S/C27H24N8O/c1-15(2)27(36)31-19-7-17(10-28-12-19)18-8-21-25(33-34-26(21)29-11-18)23-9-20-22(32-23)5-4-6-24(20)35-13-16(3)30-14-35/h4-15,32H,1-3H3,(H,31,36)(H,29,33,34). The second kappa shape index (κ2) is 8.46. The number of amides is 1. The van der Waals surface area contributed by atoms with Gasteiger partial charge in [0.25, 0.3) is 0 Å². The molecule has 0 aliphatic carbocycles. The van der Waals surface area contributed by atoms with Crippen LogP contribution in [-0.2, 0) is 4.79 Å². The third kappa shape index (κ3) is 3.80. The van der Waals surface area contributed by atoms with Crippen LogP contribution in [0.25, 0.3) is 50.1 Å². The molecule has 0 unspecified atom stereocenters. The maximum absolute atomic E-state index is 12.1. The SMILES string of the molecule is Cc1cn(-c2cccc3[nH]c(-c4[nH]nc5ncc(-c6cncc(NC(=O)C(C)C)c6)cc45)cc23)cn1. The summed E-state index contributed by atoms with van der Waals surface area (Å²) in [6.45, 7) is 5.69. The Labute approximate surface area is 206 Å². The van der Waals surface area contributed by atoms with E-state index in [1.807, 2.05) is 56.1 Å². The van der Waals surface area contributed by atoms with Crippen molar-refractivity contribution in [3.8, 4) is 28.2 Å². The highest BCUT2D eigenvalue weighted by atomic mass is 16.1. The maximum Gasteiger partial charge on any atom is 0.226 e. The van der Waals surface area contributed by atoms with Gasteiger partial charge in [-0.1, -0.05) is 19.9 Å². The number of nitrogens with zero attached hydrogens (tertiary/aromatic N) is 5. The Balaban J connectivity index is 1.41. The lowest BCUT2D eigenvalue weighted by Crippen LogP contribution is -2.17. The fraction of sp³-hybridized carbons (Fsp3) is 0.148. The van der Waals surface area contributed by atoms with Crippen LogP contribution in [0, 0.1) is 12.8 Å². The minimum absolute atomic E-state index is 0.0521. The molecule has 0 bridgehead atoms. The van der Waals surface area contributed by atoms with Crippen LogP contribution in [0.5, 0.6) is 0 Å². The number of carbonyl (C=O) groups is 1. The lowest BCUT2D eigenvalue weighted by Gasteiger charge is -2.09. The first-order chi connectivity index (χ1) is 17.5. The van der Waals surface area contributed by atoms with Crippen molar-refractivity contribution in [1.82, 2.24) is 34.7 Å². The van der Waals surface area contributed by atoms with Gasteiger partial charge in [-0.15, -0.1) is 0 Å². The van der Waals surface area contributed by atoms with Gasteiger partial charge in [0.05, 0.1) is 41.0 Å². The molecule has 0 spiro atoms. The molecule has 0 aliphatic heterocycles. The number of imidazole rings is 1. The zero-order valence-corrected chi connectivity index (χ0v) is 20.1. The van der Waals surface area contributed by atoms with Gasteiger partial charge in [-0.3, -0.25) is 14.9 Å². The molecule has 178 valence electrons. The topological polar surface area (TPSA) is 117 Å². The molecule has 1 amide bonds. The van der Waals surface area contributed by atoms with Crippen LogP contribution in [0.3, 0.4) is 0 Å². The van der Waals surface area contributed by atoms with E-state index >= 15 is 0 Å². The molecule has 0 saturated heterocycles. The predicted molar refractivity (Wildman–Crippen MR) is 140 cm³/mol. The van der Waals surface area contributed by atoms with Gasteiger partial charge < -0.3 is 14.9 Å². The highest BCUT2D eigenvalue weighted by Crippen LogP contribution is 2.33. The summed E-state index contributed by atoms with van der Waals surface area (Å²) in [6.07, 6.45) is 9.00. The van der Waals surface area contributed by atoms with Crippen molar-refractivity contribution >= 4 is 33.5 Å². The molecule has 1 aromatic carbocycles.